The first-order valence-corrected chi connectivity index (χ1v) is 12.8. The molecule has 4 nitrogen and oxygen atoms in total. The van der Waals surface area contributed by atoms with Crippen molar-refractivity contribution in [1.29, 1.82) is 0 Å². The summed E-state index contributed by atoms with van der Waals surface area (Å²) in [6, 6.07) is 1.07. The minimum Gasteiger partial charge on any atom is -0.481 e. The lowest BCUT2D eigenvalue weighted by atomic mass is 9.96. The van der Waals surface area contributed by atoms with Gasteiger partial charge in [-0.3, -0.25) is 4.79 Å². The second-order valence-electron chi connectivity index (χ2n) is 7.57. The van der Waals surface area contributed by atoms with Gasteiger partial charge in [0.05, 0.1) is 0 Å². The van der Waals surface area contributed by atoms with Crippen LogP contribution in [0.25, 0.3) is 0 Å². The van der Waals surface area contributed by atoms with E-state index in [2.05, 4.69) is 19.1 Å². The second kappa shape index (κ2) is 20.1. The molecule has 1 N–H and O–H groups in total. The number of rotatable bonds is 20. The molecule has 0 aliphatic carbocycles. The van der Waals surface area contributed by atoms with Gasteiger partial charge in [0.1, 0.15) is 0 Å². The number of carboxylic acids is 1. The van der Waals surface area contributed by atoms with Gasteiger partial charge in [-0.25, -0.2) is 0 Å². The van der Waals surface area contributed by atoms with Crippen LogP contribution < -0.4 is 0 Å². The molecule has 0 aromatic carbocycles. The molecule has 0 saturated carbocycles. The van der Waals surface area contributed by atoms with Crippen molar-refractivity contribution in [3.8, 4) is 0 Å². The summed E-state index contributed by atoms with van der Waals surface area (Å²) in [5.41, 5.74) is 0. The maximum absolute atomic E-state index is 10.5. The number of aliphatic carboxylic acids is 1. The molecule has 0 heterocycles. The Bertz CT molecular complexity index is 356. The topological polar surface area (TPSA) is 55.8 Å². The second-order valence-corrected chi connectivity index (χ2v) is 9.95. The Kier molecular flexibility index (Phi) is 19.6. The van der Waals surface area contributed by atoms with Crippen LogP contribution in [0.1, 0.15) is 96.8 Å². The molecular formula is C22H44O4Si. The SMILES string of the molecule is CCCCCCC/C=C/C(CCCCCCCC(=O)O)CC[SiH](OC)OC. The molecule has 0 rings (SSSR count). The van der Waals surface area contributed by atoms with Crippen LogP contribution in [0.15, 0.2) is 12.2 Å². The van der Waals surface area contributed by atoms with Crippen molar-refractivity contribution in [3.05, 3.63) is 12.2 Å². The van der Waals surface area contributed by atoms with Crippen molar-refractivity contribution in [2.75, 3.05) is 14.2 Å². The Labute approximate surface area is 169 Å². The number of unbranched alkanes of at least 4 members (excludes halogenated alkanes) is 9. The average molecular weight is 401 g/mol. The Morgan fingerprint density at radius 3 is 2.22 bits per heavy atom. The van der Waals surface area contributed by atoms with Crippen molar-refractivity contribution >= 4 is 15.3 Å². The summed E-state index contributed by atoms with van der Waals surface area (Å²) in [7, 11) is 2.06. The highest BCUT2D eigenvalue weighted by Crippen LogP contribution is 2.20. The first kappa shape index (κ1) is 26.3. The summed E-state index contributed by atoms with van der Waals surface area (Å²) in [5, 5.41) is 8.67. The molecule has 27 heavy (non-hydrogen) atoms. The lowest BCUT2D eigenvalue weighted by molar-refractivity contribution is -0.137. The molecule has 0 aromatic rings. The molecule has 0 fully saturated rings. The van der Waals surface area contributed by atoms with Crippen LogP contribution >= 0.6 is 0 Å². The molecule has 5 heteroatoms. The fraction of sp³-hybridized carbons (Fsp3) is 0.864. The lowest BCUT2D eigenvalue weighted by Gasteiger charge is -2.16. The first-order chi connectivity index (χ1) is 13.1. The highest BCUT2D eigenvalue weighted by Gasteiger charge is 2.13. The van der Waals surface area contributed by atoms with Gasteiger partial charge < -0.3 is 14.0 Å². The minimum absolute atomic E-state index is 0.309. The van der Waals surface area contributed by atoms with E-state index in [-0.39, 0.29) is 0 Å². The Balaban J connectivity index is 4.06. The lowest BCUT2D eigenvalue weighted by Crippen LogP contribution is -2.19. The van der Waals surface area contributed by atoms with E-state index in [1.807, 2.05) is 0 Å². The summed E-state index contributed by atoms with van der Waals surface area (Å²) < 4.78 is 10.9. The smallest absolute Gasteiger partial charge is 0.320 e. The summed E-state index contributed by atoms with van der Waals surface area (Å²) in [5.74, 6) is -0.0511. The molecule has 0 amide bonds. The normalized spacial score (nSPS) is 12.9. The maximum atomic E-state index is 10.5. The molecule has 1 unspecified atom stereocenters. The Hall–Kier alpha value is -0.653. The minimum atomic E-state index is -1.46. The zero-order valence-corrected chi connectivity index (χ0v) is 19.2. The number of carboxylic acid groups (broad SMARTS) is 1. The molecule has 0 aliphatic heterocycles. The molecule has 0 spiro atoms. The number of carbonyl (C=O) groups is 1. The fourth-order valence-electron chi connectivity index (χ4n) is 3.39. The van der Waals surface area contributed by atoms with Gasteiger partial charge in [-0.2, -0.15) is 0 Å². The van der Waals surface area contributed by atoms with E-state index in [0.717, 1.165) is 31.7 Å². The molecule has 1 atom stereocenters. The van der Waals surface area contributed by atoms with E-state index in [1.165, 1.54) is 57.8 Å². The first-order valence-electron chi connectivity index (χ1n) is 11.1. The van der Waals surface area contributed by atoms with Crippen molar-refractivity contribution in [2.24, 2.45) is 5.92 Å². The summed E-state index contributed by atoms with van der Waals surface area (Å²) >= 11 is 0. The molecule has 0 aromatic heterocycles. The van der Waals surface area contributed by atoms with Crippen LogP contribution in [-0.2, 0) is 13.6 Å². The van der Waals surface area contributed by atoms with E-state index in [4.69, 9.17) is 14.0 Å². The highest BCUT2D eigenvalue weighted by atomic mass is 28.3. The summed E-state index contributed by atoms with van der Waals surface area (Å²) in [4.78, 5) is 10.5. The Morgan fingerprint density at radius 2 is 1.56 bits per heavy atom. The van der Waals surface area contributed by atoms with Crippen LogP contribution in [-0.4, -0.2) is 34.6 Å². The van der Waals surface area contributed by atoms with Crippen LogP contribution in [0, 0.1) is 5.92 Å². The van der Waals surface area contributed by atoms with E-state index < -0.39 is 15.3 Å². The van der Waals surface area contributed by atoms with Gasteiger partial charge in [0.25, 0.3) is 0 Å². The third-order valence-corrected chi connectivity index (χ3v) is 7.00. The quantitative estimate of drug-likeness (QED) is 0.149. The van der Waals surface area contributed by atoms with E-state index in [0.29, 0.717) is 12.3 Å². The molecule has 160 valence electrons. The molecule has 0 bridgehead atoms. The predicted octanol–water partition coefficient (Wildman–Crippen LogP) is 6.24. The molecular weight excluding hydrogens is 356 g/mol. The third-order valence-electron chi connectivity index (χ3n) is 5.15. The van der Waals surface area contributed by atoms with E-state index in [9.17, 15) is 4.79 Å². The summed E-state index contributed by atoms with van der Waals surface area (Å²) in [6.45, 7) is 2.26. The molecule has 0 aliphatic rings. The number of hydrogen-bond acceptors (Lipinski definition) is 3. The molecule has 0 radical (unpaired) electrons. The van der Waals surface area contributed by atoms with Crippen molar-refractivity contribution in [3.63, 3.8) is 0 Å². The predicted molar refractivity (Wildman–Crippen MR) is 117 cm³/mol. The van der Waals surface area contributed by atoms with Crippen molar-refractivity contribution < 1.29 is 18.8 Å². The van der Waals surface area contributed by atoms with E-state index in [1.54, 1.807) is 14.2 Å². The van der Waals surface area contributed by atoms with Gasteiger partial charge in [0, 0.05) is 20.6 Å². The largest absolute Gasteiger partial charge is 0.481 e. The average Bonchev–Trinajstić information content (AvgIpc) is 2.66. The zero-order chi connectivity index (χ0) is 20.2. The van der Waals surface area contributed by atoms with Gasteiger partial charge in [0.15, 0.2) is 0 Å². The fourth-order valence-corrected chi connectivity index (χ4v) is 4.75. The zero-order valence-electron chi connectivity index (χ0n) is 18.1. The number of allylic oxidation sites excluding steroid dienone is 2. The Morgan fingerprint density at radius 1 is 0.926 bits per heavy atom. The van der Waals surface area contributed by atoms with Gasteiger partial charge >= 0.3 is 15.3 Å². The van der Waals surface area contributed by atoms with Crippen LogP contribution in [0.5, 0.6) is 0 Å². The van der Waals surface area contributed by atoms with Crippen LogP contribution in [0.3, 0.4) is 0 Å². The van der Waals surface area contributed by atoms with Gasteiger partial charge in [-0.05, 0) is 44.1 Å². The third kappa shape index (κ3) is 18.5. The van der Waals surface area contributed by atoms with E-state index >= 15 is 0 Å². The van der Waals surface area contributed by atoms with Crippen molar-refractivity contribution in [2.45, 2.75) is 103 Å². The standard InChI is InChI=1S/C22H44O4Si/c1-4-5-6-7-8-10-13-16-21(19-20-27(25-2)26-3)17-14-11-9-12-15-18-22(23)24/h13,16,21,27H,4-12,14-15,17-20H2,1-3H3,(H,23,24)/b16-13+. The molecule has 0 saturated heterocycles. The monoisotopic (exact) mass is 400 g/mol. The number of hydrogen-bond donors (Lipinski definition) is 1. The van der Waals surface area contributed by atoms with Crippen LogP contribution in [0.4, 0.5) is 0 Å². The summed E-state index contributed by atoms with van der Waals surface area (Å²) in [6.07, 6.45) is 20.8. The highest BCUT2D eigenvalue weighted by molar-refractivity contribution is 6.44. The van der Waals surface area contributed by atoms with Gasteiger partial charge in [0.2, 0.25) is 0 Å². The van der Waals surface area contributed by atoms with Crippen LogP contribution in [0.2, 0.25) is 6.04 Å². The van der Waals surface area contributed by atoms with Gasteiger partial charge in [-0.15, -0.1) is 0 Å². The maximum Gasteiger partial charge on any atom is 0.320 e. The van der Waals surface area contributed by atoms with Gasteiger partial charge in [-0.1, -0.05) is 70.4 Å². The van der Waals surface area contributed by atoms with Crippen molar-refractivity contribution in [1.82, 2.24) is 0 Å².